The fourth-order valence-corrected chi connectivity index (χ4v) is 3.82. The molecule has 3 aromatic rings. The Kier molecular flexibility index (Phi) is 9.37. The lowest BCUT2D eigenvalue weighted by molar-refractivity contribution is -0.123. The smallest absolute Gasteiger partial charge is 0.405 e. The molecule has 0 aliphatic rings. The number of hydrogen-bond donors (Lipinski definition) is 4. The number of rotatable bonds is 10. The molecule has 206 valence electrons. The topological polar surface area (TPSA) is 162 Å². The van der Waals surface area contributed by atoms with Crippen molar-refractivity contribution in [3.8, 4) is 0 Å². The standard InChI is InChI=1S/C27H33N7O5/c1-16(2)13-20-24-21(14-17(3)28-20)29-22(32-24)15-34-12-8-10-19(26(34)37)30-25(36)18(31-27(38)39)9-6-7-11-23(35)33(4)5/h7-8,10-14,18,31H,6,9,15H2,1-5H3,(H,29,32)(H,30,36)(H,38,39). The molecular weight excluding hydrogens is 502 g/mol. The number of H-pyrrole nitrogens is 1. The Balaban J connectivity index is 1.78. The van der Waals surface area contributed by atoms with Crippen molar-refractivity contribution in [1.82, 2.24) is 29.7 Å². The van der Waals surface area contributed by atoms with Crippen LogP contribution in [0.1, 0.15) is 43.9 Å². The number of nitrogens with one attached hydrogen (secondary N) is 3. The molecule has 3 amide bonds. The fraction of sp³-hybridized carbons (Fsp3) is 0.333. The summed E-state index contributed by atoms with van der Waals surface area (Å²) >= 11 is 0. The van der Waals surface area contributed by atoms with Gasteiger partial charge >= 0.3 is 6.09 Å². The van der Waals surface area contributed by atoms with Gasteiger partial charge in [0.25, 0.3) is 5.56 Å². The molecule has 1 atom stereocenters. The number of imidazole rings is 1. The minimum absolute atomic E-state index is 0.00290. The van der Waals surface area contributed by atoms with E-state index in [4.69, 9.17) is 5.11 Å². The highest BCUT2D eigenvalue weighted by molar-refractivity contribution is 5.96. The zero-order valence-corrected chi connectivity index (χ0v) is 22.6. The summed E-state index contributed by atoms with van der Waals surface area (Å²) in [7, 11) is 3.21. The van der Waals surface area contributed by atoms with Crippen LogP contribution in [0.25, 0.3) is 17.1 Å². The maximum absolute atomic E-state index is 13.1. The Bertz CT molecular complexity index is 1500. The number of nitrogens with zero attached hydrogens (tertiary/aromatic N) is 4. The van der Waals surface area contributed by atoms with Crippen LogP contribution < -0.4 is 16.2 Å². The molecule has 0 aliphatic heterocycles. The number of aryl methyl sites for hydroxylation is 1. The summed E-state index contributed by atoms with van der Waals surface area (Å²) in [4.78, 5) is 62.7. The lowest BCUT2D eigenvalue weighted by atomic mass is 10.1. The first kappa shape index (κ1) is 28.8. The molecule has 0 saturated heterocycles. The second-order valence-corrected chi connectivity index (χ2v) is 9.51. The van der Waals surface area contributed by atoms with E-state index in [1.807, 2.05) is 32.9 Å². The van der Waals surface area contributed by atoms with Crippen LogP contribution in [0.5, 0.6) is 0 Å². The van der Waals surface area contributed by atoms with Crippen molar-refractivity contribution in [2.24, 2.45) is 0 Å². The number of aromatic nitrogens is 4. The molecule has 12 nitrogen and oxygen atoms in total. The molecule has 0 spiro atoms. The number of allylic oxidation sites excluding steroid dienone is 2. The Morgan fingerprint density at radius 2 is 1.97 bits per heavy atom. The Morgan fingerprint density at radius 3 is 2.64 bits per heavy atom. The highest BCUT2D eigenvalue weighted by atomic mass is 16.4. The van der Waals surface area contributed by atoms with Gasteiger partial charge in [0, 0.05) is 26.0 Å². The Hall–Kier alpha value is -4.74. The van der Waals surface area contributed by atoms with Crippen LogP contribution in [0.4, 0.5) is 10.5 Å². The van der Waals surface area contributed by atoms with Crippen LogP contribution in [0.15, 0.2) is 46.9 Å². The van der Waals surface area contributed by atoms with Gasteiger partial charge in [-0.2, -0.15) is 0 Å². The maximum Gasteiger partial charge on any atom is 0.405 e. The molecule has 3 heterocycles. The van der Waals surface area contributed by atoms with Crippen LogP contribution in [-0.2, 0) is 16.1 Å². The van der Waals surface area contributed by atoms with Crippen LogP contribution in [0.2, 0.25) is 0 Å². The van der Waals surface area contributed by atoms with Crippen molar-refractivity contribution in [2.45, 2.75) is 46.2 Å². The number of amides is 3. The van der Waals surface area contributed by atoms with Gasteiger partial charge in [0.15, 0.2) is 0 Å². The number of carbonyl (C=O) groups is 3. The summed E-state index contributed by atoms with van der Waals surface area (Å²) in [5.74, 6) is -0.372. The first-order valence-electron chi connectivity index (χ1n) is 12.3. The van der Waals surface area contributed by atoms with Crippen molar-refractivity contribution >= 4 is 40.7 Å². The molecule has 0 bridgehead atoms. The molecule has 39 heavy (non-hydrogen) atoms. The van der Waals surface area contributed by atoms with E-state index in [0.29, 0.717) is 11.3 Å². The fourth-order valence-electron chi connectivity index (χ4n) is 3.82. The maximum atomic E-state index is 13.1. The minimum atomic E-state index is -1.38. The van der Waals surface area contributed by atoms with Gasteiger partial charge in [0.05, 0.1) is 17.8 Å². The molecule has 12 heteroatoms. The van der Waals surface area contributed by atoms with E-state index in [-0.39, 0.29) is 31.0 Å². The van der Waals surface area contributed by atoms with Gasteiger partial charge in [-0.15, -0.1) is 0 Å². The van der Waals surface area contributed by atoms with E-state index >= 15 is 0 Å². The minimum Gasteiger partial charge on any atom is -0.465 e. The first-order chi connectivity index (χ1) is 18.4. The van der Waals surface area contributed by atoms with Crippen molar-refractivity contribution in [1.29, 1.82) is 0 Å². The summed E-state index contributed by atoms with van der Waals surface area (Å²) in [6, 6.07) is 3.81. The van der Waals surface area contributed by atoms with E-state index in [2.05, 4.69) is 25.6 Å². The zero-order chi connectivity index (χ0) is 28.7. The Labute approximate surface area is 225 Å². The molecule has 1 unspecified atom stereocenters. The molecule has 0 saturated carbocycles. The van der Waals surface area contributed by atoms with Crippen LogP contribution in [0.3, 0.4) is 0 Å². The number of fused-ring (bicyclic) bond motifs is 1. The van der Waals surface area contributed by atoms with Crippen molar-refractivity contribution < 1.29 is 19.5 Å². The third kappa shape index (κ3) is 7.87. The number of likely N-dealkylation sites (N-methyl/N-ethyl adjacent to an activating group) is 1. The zero-order valence-electron chi connectivity index (χ0n) is 22.6. The number of anilines is 1. The van der Waals surface area contributed by atoms with E-state index in [0.717, 1.165) is 22.5 Å². The molecular formula is C27H33N7O5. The van der Waals surface area contributed by atoms with Crippen molar-refractivity contribution in [3.63, 3.8) is 0 Å². The molecule has 4 N–H and O–H groups in total. The summed E-state index contributed by atoms with van der Waals surface area (Å²) in [6.45, 7) is 5.96. The van der Waals surface area contributed by atoms with Crippen LogP contribution >= 0.6 is 0 Å². The highest BCUT2D eigenvalue weighted by Gasteiger charge is 2.21. The predicted molar refractivity (Wildman–Crippen MR) is 148 cm³/mol. The molecule has 0 fully saturated rings. The van der Waals surface area contributed by atoms with Gasteiger partial charge in [-0.05, 0) is 64.0 Å². The number of carbonyl (C=O) groups excluding carboxylic acids is 2. The van der Waals surface area contributed by atoms with E-state index in [1.54, 1.807) is 32.4 Å². The lowest BCUT2D eigenvalue weighted by Crippen LogP contribution is -2.44. The quantitative estimate of drug-likeness (QED) is 0.290. The number of hydrogen-bond acceptors (Lipinski definition) is 6. The predicted octanol–water partition coefficient (Wildman–Crippen LogP) is 2.90. The number of aromatic amines is 1. The molecule has 0 radical (unpaired) electrons. The van der Waals surface area contributed by atoms with Gasteiger partial charge < -0.3 is 30.2 Å². The highest BCUT2D eigenvalue weighted by Crippen LogP contribution is 2.19. The summed E-state index contributed by atoms with van der Waals surface area (Å²) in [6.07, 6.45) is 5.42. The van der Waals surface area contributed by atoms with E-state index in [1.165, 1.54) is 21.6 Å². The van der Waals surface area contributed by atoms with Crippen molar-refractivity contribution in [3.05, 3.63) is 69.7 Å². The van der Waals surface area contributed by atoms with E-state index < -0.39 is 23.6 Å². The Morgan fingerprint density at radius 1 is 1.23 bits per heavy atom. The number of carboxylic acid groups (broad SMARTS) is 1. The van der Waals surface area contributed by atoms with Gasteiger partial charge in [0.1, 0.15) is 23.1 Å². The summed E-state index contributed by atoms with van der Waals surface area (Å²) < 4.78 is 1.39. The van der Waals surface area contributed by atoms with Gasteiger partial charge in [-0.1, -0.05) is 11.6 Å². The van der Waals surface area contributed by atoms with Crippen LogP contribution in [-0.4, -0.2) is 67.6 Å². The van der Waals surface area contributed by atoms with Gasteiger partial charge in [-0.25, -0.2) is 9.78 Å². The average molecular weight is 536 g/mol. The summed E-state index contributed by atoms with van der Waals surface area (Å²) in [5, 5.41) is 13.9. The SMILES string of the molecule is CC(C)=Cc1nc(C)cc2[nH]c(Cn3cccc(NC(=O)C(CCC=CC(=O)N(C)C)NC(=O)O)c3=O)nc12. The second kappa shape index (κ2) is 12.7. The third-order valence-corrected chi connectivity index (χ3v) is 5.63. The normalized spacial score (nSPS) is 11.8. The summed E-state index contributed by atoms with van der Waals surface area (Å²) in [5.41, 5.74) is 3.65. The average Bonchev–Trinajstić information content (AvgIpc) is 3.25. The first-order valence-corrected chi connectivity index (χ1v) is 12.3. The molecule has 3 rings (SSSR count). The monoisotopic (exact) mass is 535 g/mol. The molecule has 0 aliphatic carbocycles. The number of pyridine rings is 2. The lowest BCUT2D eigenvalue weighted by Gasteiger charge is -2.16. The van der Waals surface area contributed by atoms with E-state index in [9.17, 15) is 19.2 Å². The van der Waals surface area contributed by atoms with Gasteiger partial charge in [-0.3, -0.25) is 19.4 Å². The van der Waals surface area contributed by atoms with Crippen molar-refractivity contribution in [2.75, 3.05) is 19.4 Å². The largest absolute Gasteiger partial charge is 0.465 e. The molecule has 0 aromatic carbocycles. The van der Waals surface area contributed by atoms with Crippen LogP contribution in [0, 0.1) is 6.92 Å². The van der Waals surface area contributed by atoms with Gasteiger partial charge in [0.2, 0.25) is 11.8 Å². The molecule has 3 aromatic heterocycles. The second-order valence-electron chi connectivity index (χ2n) is 9.51. The third-order valence-electron chi connectivity index (χ3n) is 5.63.